The highest BCUT2D eigenvalue weighted by atomic mass is 35.5. The number of methoxy groups -OCH3 is 1. The van der Waals surface area contributed by atoms with Crippen LogP contribution in [0, 0.1) is 5.41 Å². The van der Waals surface area contributed by atoms with Crippen LogP contribution in [0.5, 0.6) is 11.5 Å². The lowest BCUT2D eigenvalue weighted by Gasteiger charge is -2.34. The van der Waals surface area contributed by atoms with E-state index in [1.54, 1.807) is 37.4 Å². The van der Waals surface area contributed by atoms with Gasteiger partial charge in [-0.2, -0.15) is 0 Å². The molecule has 7 rings (SSSR count). The van der Waals surface area contributed by atoms with Crippen molar-refractivity contribution in [2.24, 2.45) is 5.41 Å². The Morgan fingerprint density at radius 3 is 2.64 bits per heavy atom. The van der Waals surface area contributed by atoms with E-state index in [0.29, 0.717) is 51.9 Å². The number of para-hydroxylation sites is 1. The standard InChI is InChI=1S/C34H33ClF2N4O4/c1-44-28-15-21(35)5-6-24(28)29-16-25(37)23-4-2-3-22(31(23)45-29)20-9-13-40(14-10-20)17-30-38-26-7-8-27(33(42)43)39-32(26)41(30)19-34(18-36)11-12-34/h2-8,15-16,20,29H,9-14,17-19H2,1H3,(H,42,43)/t29-/m0/s1. The number of aromatic carboxylic acids is 1. The van der Waals surface area contributed by atoms with Gasteiger partial charge in [-0.1, -0.05) is 23.7 Å². The van der Waals surface area contributed by atoms with Crippen LogP contribution in [0.1, 0.15) is 70.7 Å². The highest BCUT2D eigenvalue weighted by molar-refractivity contribution is 6.30. The molecule has 1 saturated heterocycles. The lowest BCUT2D eigenvalue weighted by atomic mass is 9.86. The molecule has 0 radical (unpaired) electrons. The van der Waals surface area contributed by atoms with Gasteiger partial charge in [0.05, 0.1) is 25.9 Å². The van der Waals surface area contributed by atoms with Gasteiger partial charge in [-0.15, -0.1) is 0 Å². The van der Waals surface area contributed by atoms with Gasteiger partial charge in [0.25, 0.3) is 0 Å². The van der Waals surface area contributed by atoms with E-state index in [0.717, 1.165) is 50.2 Å². The van der Waals surface area contributed by atoms with E-state index in [-0.39, 0.29) is 17.4 Å². The summed E-state index contributed by atoms with van der Waals surface area (Å²) in [6.07, 6.45) is 4.05. The molecule has 3 aliphatic rings. The fourth-order valence-electron chi connectivity index (χ4n) is 6.56. The van der Waals surface area contributed by atoms with Gasteiger partial charge < -0.3 is 19.1 Å². The van der Waals surface area contributed by atoms with E-state index in [1.165, 1.54) is 12.1 Å². The van der Waals surface area contributed by atoms with E-state index >= 15 is 4.39 Å². The van der Waals surface area contributed by atoms with E-state index in [1.807, 2.05) is 16.7 Å². The number of carboxylic acid groups (broad SMARTS) is 1. The van der Waals surface area contributed by atoms with Gasteiger partial charge in [0.1, 0.15) is 34.8 Å². The number of ether oxygens (including phenoxy) is 2. The van der Waals surface area contributed by atoms with Crippen molar-refractivity contribution in [2.75, 3.05) is 26.9 Å². The molecule has 234 valence electrons. The normalized spacial score (nSPS) is 19.6. The first-order valence-electron chi connectivity index (χ1n) is 15.2. The van der Waals surface area contributed by atoms with E-state index < -0.39 is 24.2 Å². The Labute approximate surface area is 264 Å². The van der Waals surface area contributed by atoms with Crippen LogP contribution in [0.15, 0.2) is 54.6 Å². The number of carboxylic acids is 1. The van der Waals surface area contributed by atoms with Gasteiger partial charge in [0.2, 0.25) is 0 Å². The number of fused-ring (bicyclic) bond motifs is 2. The number of pyridine rings is 1. The van der Waals surface area contributed by atoms with Crippen LogP contribution < -0.4 is 9.47 Å². The number of rotatable bonds is 9. The number of aromatic nitrogens is 3. The van der Waals surface area contributed by atoms with Gasteiger partial charge in [-0.25, -0.2) is 19.2 Å². The van der Waals surface area contributed by atoms with Gasteiger partial charge >= 0.3 is 5.97 Å². The smallest absolute Gasteiger partial charge is 0.354 e. The van der Waals surface area contributed by atoms with Gasteiger partial charge in [0.15, 0.2) is 11.3 Å². The van der Waals surface area contributed by atoms with E-state index in [4.69, 9.17) is 26.1 Å². The zero-order valence-corrected chi connectivity index (χ0v) is 25.6. The Hall–Kier alpha value is -4.02. The van der Waals surface area contributed by atoms with Crippen molar-refractivity contribution in [3.8, 4) is 11.5 Å². The number of piperidine rings is 1. The molecule has 4 aromatic rings. The molecule has 0 amide bonds. The van der Waals surface area contributed by atoms with E-state index in [9.17, 15) is 14.3 Å². The molecule has 1 aliphatic carbocycles. The number of imidazole rings is 1. The zero-order chi connectivity index (χ0) is 31.3. The van der Waals surface area contributed by atoms with Crippen molar-refractivity contribution in [1.29, 1.82) is 0 Å². The first-order valence-corrected chi connectivity index (χ1v) is 15.5. The maximum atomic E-state index is 15.5. The predicted molar refractivity (Wildman–Crippen MR) is 166 cm³/mol. The minimum Gasteiger partial charge on any atom is -0.496 e. The second-order valence-electron chi connectivity index (χ2n) is 12.3. The summed E-state index contributed by atoms with van der Waals surface area (Å²) < 4.78 is 43.3. The molecular weight excluding hydrogens is 602 g/mol. The van der Waals surface area contributed by atoms with Crippen LogP contribution in [0.2, 0.25) is 5.02 Å². The van der Waals surface area contributed by atoms with Crippen molar-refractivity contribution in [1.82, 2.24) is 19.4 Å². The fraction of sp³-hybridized carbons (Fsp3) is 0.382. The molecule has 2 aliphatic heterocycles. The second-order valence-corrected chi connectivity index (χ2v) is 12.7. The molecule has 0 bridgehead atoms. The molecule has 45 heavy (non-hydrogen) atoms. The Bertz CT molecular complexity index is 1810. The lowest BCUT2D eigenvalue weighted by molar-refractivity contribution is 0.0690. The van der Waals surface area contributed by atoms with Crippen molar-refractivity contribution >= 4 is 34.6 Å². The third-order valence-corrected chi connectivity index (χ3v) is 9.60. The number of carbonyl (C=O) groups is 1. The summed E-state index contributed by atoms with van der Waals surface area (Å²) in [4.78, 5) is 23.1. The van der Waals surface area contributed by atoms with Crippen LogP contribution in [0.3, 0.4) is 0 Å². The number of likely N-dealkylation sites (tertiary alicyclic amines) is 1. The highest BCUT2D eigenvalue weighted by Gasteiger charge is 2.44. The van der Waals surface area contributed by atoms with Crippen molar-refractivity contribution in [2.45, 2.75) is 50.8 Å². The summed E-state index contributed by atoms with van der Waals surface area (Å²) in [5.74, 6) is 0.561. The topological polar surface area (TPSA) is 89.7 Å². The molecule has 1 saturated carbocycles. The van der Waals surface area contributed by atoms with Crippen molar-refractivity contribution < 1.29 is 28.2 Å². The summed E-state index contributed by atoms with van der Waals surface area (Å²) in [5.41, 5.74) is 2.72. The summed E-state index contributed by atoms with van der Waals surface area (Å²) >= 11 is 6.16. The molecule has 4 heterocycles. The summed E-state index contributed by atoms with van der Waals surface area (Å²) in [5, 5.41) is 10.0. The molecule has 1 N–H and O–H groups in total. The number of hydrogen-bond donors (Lipinski definition) is 1. The molecule has 0 unspecified atom stereocenters. The molecule has 11 heteroatoms. The van der Waals surface area contributed by atoms with Crippen LogP contribution in [0.4, 0.5) is 8.78 Å². The lowest BCUT2D eigenvalue weighted by Crippen LogP contribution is -2.34. The monoisotopic (exact) mass is 634 g/mol. The molecule has 2 aromatic carbocycles. The average molecular weight is 635 g/mol. The third-order valence-electron chi connectivity index (χ3n) is 9.36. The van der Waals surface area contributed by atoms with Crippen molar-refractivity contribution in [3.63, 3.8) is 0 Å². The fourth-order valence-corrected chi connectivity index (χ4v) is 6.72. The van der Waals surface area contributed by atoms with Crippen LogP contribution in [-0.2, 0) is 13.1 Å². The number of nitrogens with zero attached hydrogens (tertiary/aromatic N) is 4. The van der Waals surface area contributed by atoms with Gasteiger partial charge in [0, 0.05) is 22.5 Å². The molecule has 0 spiro atoms. The third kappa shape index (κ3) is 5.66. The van der Waals surface area contributed by atoms with Crippen LogP contribution in [-0.4, -0.2) is 57.4 Å². The Kier molecular flexibility index (Phi) is 7.73. The number of alkyl halides is 1. The SMILES string of the molecule is COc1cc(Cl)ccc1[C@@H]1C=C(F)c2cccc(C3CCN(Cc4nc5ccc(C(=O)O)nc5n4CC4(CF)CC4)CC3)c2O1. The number of hydrogen-bond acceptors (Lipinski definition) is 6. The largest absolute Gasteiger partial charge is 0.496 e. The Balaban J connectivity index is 1.11. The first kappa shape index (κ1) is 29.7. The summed E-state index contributed by atoms with van der Waals surface area (Å²) in [7, 11) is 1.55. The predicted octanol–water partition coefficient (Wildman–Crippen LogP) is 7.36. The van der Waals surface area contributed by atoms with Crippen molar-refractivity contribution in [3.05, 3.63) is 87.8 Å². The summed E-state index contributed by atoms with van der Waals surface area (Å²) in [6.45, 7) is 2.07. The van der Waals surface area contributed by atoms with Gasteiger partial charge in [-0.05, 0) is 92.7 Å². The summed E-state index contributed by atoms with van der Waals surface area (Å²) in [6, 6.07) is 14.0. The molecule has 8 nitrogen and oxygen atoms in total. The Morgan fingerprint density at radius 2 is 1.93 bits per heavy atom. The second kappa shape index (κ2) is 11.7. The van der Waals surface area contributed by atoms with Crippen LogP contribution >= 0.6 is 11.6 Å². The average Bonchev–Trinajstić information content (AvgIpc) is 3.75. The quantitative estimate of drug-likeness (QED) is 0.206. The van der Waals surface area contributed by atoms with Gasteiger partial charge in [-0.3, -0.25) is 9.29 Å². The van der Waals surface area contributed by atoms with E-state index in [2.05, 4.69) is 9.88 Å². The number of benzene rings is 2. The maximum absolute atomic E-state index is 15.5. The Morgan fingerprint density at radius 1 is 1.13 bits per heavy atom. The molecular formula is C34H33ClF2N4O4. The molecule has 1 atom stereocenters. The zero-order valence-electron chi connectivity index (χ0n) is 24.8. The molecule has 2 fully saturated rings. The first-order chi connectivity index (χ1) is 21.8. The molecule has 2 aromatic heterocycles. The van der Waals surface area contributed by atoms with Crippen LogP contribution in [0.25, 0.3) is 17.0 Å². The number of halogens is 3. The minimum absolute atomic E-state index is 0.0578. The minimum atomic E-state index is -1.11. The highest BCUT2D eigenvalue weighted by Crippen LogP contribution is 2.49. The maximum Gasteiger partial charge on any atom is 0.354 e.